The molecule has 33 heavy (non-hydrogen) atoms. The predicted octanol–water partition coefficient (Wildman–Crippen LogP) is 7.06. The minimum Gasteiger partial charge on any atom is -0.333 e. The lowest BCUT2D eigenvalue weighted by atomic mass is 10.0. The molecule has 0 atom stereocenters. The maximum Gasteiger partial charge on any atom is 0.426 e. The average molecular weight is 470 g/mol. The first-order valence-corrected chi connectivity index (χ1v) is 11.6. The molecule has 0 bridgehead atoms. The quantitative estimate of drug-likeness (QED) is 0.314. The van der Waals surface area contributed by atoms with E-state index in [9.17, 15) is 13.2 Å². The van der Waals surface area contributed by atoms with E-state index >= 15 is 0 Å². The third-order valence-corrected chi connectivity index (χ3v) is 7.16. The number of halogens is 3. The van der Waals surface area contributed by atoms with E-state index in [1.54, 1.807) is 30.3 Å². The molecule has 5 rings (SSSR count). The van der Waals surface area contributed by atoms with E-state index < -0.39 is 11.1 Å². The second-order valence-electron chi connectivity index (χ2n) is 8.21. The Bertz CT molecular complexity index is 1260. The molecule has 0 unspecified atom stereocenters. The van der Waals surface area contributed by atoms with Gasteiger partial charge in [0, 0.05) is 17.7 Å². The standard InChI is InChI=1S/C25H22F3N3OS/c1-16-18(15-31-12-5-6-13-31)10-7-11-19(16)23-29-24(32-30-23)21-14-20(17-8-3-2-4-9-17)22(33-21)25(26,27)28/h2-4,7-11,14H,5-6,12-13,15H2,1H3. The van der Waals surface area contributed by atoms with Gasteiger partial charge in [-0.1, -0.05) is 53.7 Å². The lowest BCUT2D eigenvalue weighted by Gasteiger charge is -2.17. The molecule has 0 saturated carbocycles. The number of hydrogen-bond acceptors (Lipinski definition) is 5. The van der Waals surface area contributed by atoms with E-state index in [1.807, 2.05) is 19.1 Å². The van der Waals surface area contributed by atoms with Crippen molar-refractivity contribution < 1.29 is 17.7 Å². The molecule has 4 aromatic rings. The fraction of sp³-hybridized carbons (Fsp3) is 0.280. The maximum atomic E-state index is 13.7. The molecule has 1 saturated heterocycles. The van der Waals surface area contributed by atoms with Gasteiger partial charge in [-0.15, -0.1) is 11.3 Å². The van der Waals surface area contributed by atoms with Crippen molar-refractivity contribution in [1.82, 2.24) is 15.0 Å². The summed E-state index contributed by atoms with van der Waals surface area (Å²) in [6, 6.07) is 16.0. The van der Waals surface area contributed by atoms with E-state index in [1.165, 1.54) is 24.5 Å². The molecule has 4 nitrogen and oxygen atoms in total. The Labute approximate surface area is 193 Å². The van der Waals surface area contributed by atoms with Gasteiger partial charge in [-0.25, -0.2) is 0 Å². The summed E-state index contributed by atoms with van der Waals surface area (Å²) >= 11 is 0.624. The highest BCUT2D eigenvalue weighted by Gasteiger charge is 2.37. The highest BCUT2D eigenvalue weighted by molar-refractivity contribution is 7.16. The molecule has 2 aromatic heterocycles. The number of thiophene rings is 1. The minimum atomic E-state index is -4.47. The summed E-state index contributed by atoms with van der Waals surface area (Å²) in [5.41, 5.74) is 3.70. The first-order valence-electron chi connectivity index (χ1n) is 10.8. The van der Waals surface area contributed by atoms with Crippen molar-refractivity contribution in [2.24, 2.45) is 0 Å². The smallest absolute Gasteiger partial charge is 0.333 e. The van der Waals surface area contributed by atoms with Crippen LogP contribution in [-0.4, -0.2) is 28.1 Å². The normalized spacial score (nSPS) is 14.8. The van der Waals surface area contributed by atoms with E-state index in [2.05, 4.69) is 21.1 Å². The molecular formula is C25H22F3N3OS. The molecule has 0 radical (unpaired) electrons. The van der Waals surface area contributed by atoms with Gasteiger partial charge in [0.2, 0.25) is 5.82 Å². The van der Waals surface area contributed by atoms with Crippen LogP contribution in [0.3, 0.4) is 0 Å². The molecule has 2 aromatic carbocycles. The second kappa shape index (κ2) is 8.76. The fourth-order valence-corrected chi connectivity index (χ4v) is 5.22. The molecule has 0 N–H and O–H groups in total. The Kier molecular flexibility index (Phi) is 5.80. The van der Waals surface area contributed by atoms with Crippen LogP contribution < -0.4 is 0 Å². The molecule has 0 amide bonds. The molecule has 1 aliphatic rings. The fourth-order valence-electron chi connectivity index (χ4n) is 4.25. The van der Waals surface area contributed by atoms with Gasteiger partial charge in [-0.05, 0) is 55.6 Å². The Hall–Kier alpha value is -2.97. The predicted molar refractivity (Wildman–Crippen MR) is 123 cm³/mol. The summed E-state index contributed by atoms with van der Waals surface area (Å²) in [4.78, 5) is 6.51. The topological polar surface area (TPSA) is 42.2 Å². The summed E-state index contributed by atoms with van der Waals surface area (Å²) in [6.07, 6.45) is -2.03. The molecule has 3 heterocycles. The lowest BCUT2D eigenvalue weighted by Crippen LogP contribution is -2.19. The lowest BCUT2D eigenvalue weighted by molar-refractivity contribution is -0.133. The van der Waals surface area contributed by atoms with Crippen molar-refractivity contribution in [3.63, 3.8) is 0 Å². The summed E-state index contributed by atoms with van der Waals surface area (Å²) < 4.78 is 46.6. The van der Waals surface area contributed by atoms with Crippen LogP contribution in [0.4, 0.5) is 13.2 Å². The van der Waals surface area contributed by atoms with Gasteiger partial charge in [0.25, 0.3) is 5.89 Å². The number of aromatic nitrogens is 2. The Morgan fingerprint density at radius 3 is 2.48 bits per heavy atom. The van der Waals surface area contributed by atoms with Crippen LogP contribution in [-0.2, 0) is 12.7 Å². The molecule has 0 aliphatic carbocycles. The van der Waals surface area contributed by atoms with Crippen LogP contribution in [0, 0.1) is 6.92 Å². The SMILES string of the molecule is Cc1c(CN2CCCC2)cccc1-c1noc(-c2cc(-c3ccccc3)c(C(F)(F)F)s2)n1. The average Bonchev–Trinajstić information content (AvgIpc) is 3.56. The van der Waals surface area contributed by atoms with Gasteiger partial charge in [-0.2, -0.15) is 18.2 Å². The van der Waals surface area contributed by atoms with Gasteiger partial charge >= 0.3 is 6.18 Å². The summed E-state index contributed by atoms with van der Waals surface area (Å²) in [6.45, 7) is 5.08. The molecular weight excluding hydrogens is 447 g/mol. The third-order valence-electron chi connectivity index (χ3n) is 5.99. The van der Waals surface area contributed by atoms with Crippen LogP contribution in [0.15, 0.2) is 59.1 Å². The first kappa shape index (κ1) is 21.9. The molecule has 170 valence electrons. The largest absolute Gasteiger partial charge is 0.426 e. The molecule has 1 aliphatic heterocycles. The number of rotatable bonds is 5. The van der Waals surface area contributed by atoms with E-state index in [4.69, 9.17) is 4.52 Å². The van der Waals surface area contributed by atoms with Crippen molar-refractivity contribution in [3.8, 4) is 33.3 Å². The van der Waals surface area contributed by atoms with E-state index in [0.717, 1.165) is 30.8 Å². The zero-order valence-corrected chi connectivity index (χ0v) is 18.8. The van der Waals surface area contributed by atoms with Gasteiger partial charge in [-0.3, -0.25) is 4.90 Å². The highest BCUT2D eigenvalue weighted by Crippen LogP contribution is 2.45. The van der Waals surface area contributed by atoms with Crippen molar-refractivity contribution in [3.05, 3.63) is 70.6 Å². The maximum absolute atomic E-state index is 13.7. The van der Waals surface area contributed by atoms with Crippen LogP contribution in [0.25, 0.3) is 33.3 Å². The highest BCUT2D eigenvalue weighted by atomic mass is 32.1. The molecule has 0 spiro atoms. The molecule has 1 fully saturated rings. The van der Waals surface area contributed by atoms with Crippen molar-refractivity contribution in [2.75, 3.05) is 13.1 Å². The van der Waals surface area contributed by atoms with E-state index in [-0.39, 0.29) is 11.5 Å². The second-order valence-corrected chi connectivity index (χ2v) is 9.27. The van der Waals surface area contributed by atoms with Crippen molar-refractivity contribution >= 4 is 11.3 Å². The van der Waals surface area contributed by atoms with Crippen molar-refractivity contribution in [2.45, 2.75) is 32.5 Å². The van der Waals surface area contributed by atoms with Crippen molar-refractivity contribution in [1.29, 1.82) is 0 Å². The third kappa shape index (κ3) is 4.45. The monoisotopic (exact) mass is 469 g/mol. The van der Waals surface area contributed by atoms with Gasteiger partial charge < -0.3 is 4.52 Å². The number of alkyl halides is 3. The van der Waals surface area contributed by atoms with Crippen LogP contribution in [0.5, 0.6) is 0 Å². The Morgan fingerprint density at radius 1 is 1.00 bits per heavy atom. The number of hydrogen-bond donors (Lipinski definition) is 0. The summed E-state index contributed by atoms with van der Waals surface area (Å²) in [5, 5.41) is 4.10. The summed E-state index contributed by atoms with van der Waals surface area (Å²) in [5.74, 6) is 0.473. The van der Waals surface area contributed by atoms with Gasteiger partial charge in [0.15, 0.2) is 0 Å². The zero-order valence-electron chi connectivity index (χ0n) is 18.0. The first-order chi connectivity index (χ1) is 15.9. The van der Waals surface area contributed by atoms with Crippen LogP contribution >= 0.6 is 11.3 Å². The van der Waals surface area contributed by atoms with Crippen LogP contribution in [0.2, 0.25) is 0 Å². The van der Waals surface area contributed by atoms with Gasteiger partial charge in [0.1, 0.15) is 4.88 Å². The zero-order chi connectivity index (χ0) is 23.0. The minimum absolute atomic E-state index is 0.0898. The molecule has 8 heteroatoms. The number of nitrogens with zero attached hydrogens (tertiary/aromatic N) is 3. The summed E-state index contributed by atoms with van der Waals surface area (Å²) in [7, 11) is 0. The Balaban J connectivity index is 1.49. The number of likely N-dealkylation sites (tertiary alicyclic amines) is 1. The Morgan fingerprint density at radius 2 is 1.76 bits per heavy atom. The van der Waals surface area contributed by atoms with Gasteiger partial charge in [0.05, 0.1) is 4.88 Å². The van der Waals surface area contributed by atoms with E-state index in [0.29, 0.717) is 27.6 Å². The van der Waals surface area contributed by atoms with Crippen LogP contribution in [0.1, 0.15) is 28.8 Å². The number of benzene rings is 2.